The third-order valence-corrected chi connectivity index (χ3v) is 3.74. The lowest BCUT2D eigenvalue weighted by Crippen LogP contribution is -2.35. The number of Topliss-reactive ketones (excluding diaryl/α,β-unsaturated/α-hetero) is 1. The van der Waals surface area contributed by atoms with Gasteiger partial charge >= 0.3 is 0 Å². The third-order valence-electron chi connectivity index (χ3n) is 3.74. The van der Waals surface area contributed by atoms with Gasteiger partial charge in [0, 0.05) is 17.7 Å². The molecule has 0 spiro atoms. The highest BCUT2D eigenvalue weighted by Gasteiger charge is 2.42. The minimum atomic E-state index is -1.07. The molecule has 2 rings (SSSR count). The van der Waals surface area contributed by atoms with Crippen molar-refractivity contribution in [3.8, 4) is 0 Å². The quantitative estimate of drug-likeness (QED) is 0.507. The lowest BCUT2D eigenvalue weighted by molar-refractivity contribution is -0.126. The molecule has 0 bridgehead atoms. The average Bonchev–Trinajstić information content (AvgIpc) is 2.52. The summed E-state index contributed by atoms with van der Waals surface area (Å²) in [4.78, 5) is 24.9. The third kappa shape index (κ3) is 3.04. The first-order valence-electron chi connectivity index (χ1n) is 7.03. The molecule has 0 fully saturated rings. The molecule has 1 aromatic rings. The van der Waals surface area contributed by atoms with Crippen molar-refractivity contribution in [2.45, 2.75) is 13.8 Å². The molecular weight excluding hydrogens is 296 g/mol. The smallest absolute Gasteiger partial charge is 0.196 e. The molecule has 120 valence electrons. The first-order chi connectivity index (χ1) is 10.8. The van der Waals surface area contributed by atoms with Gasteiger partial charge in [-0.15, -0.1) is 0 Å². The van der Waals surface area contributed by atoms with Gasteiger partial charge in [0.25, 0.3) is 0 Å². The predicted molar refractivity (Wildman–Crippen MR) is 85.6 cm³/mol. The Labute approximate surface area is 134 Å². The maximum Gasteiger partial charge on any atom is 0.196 e. The van der Waals surface area contributed by atoms with Gasteiger partial charge in [-0.1, -0.05) is 30.3 Å². The fourth-order valence-electron chi connectivity index (χ4n) is 2.36. The largest absolute Gasteiger partial charge is 0.507 e. The van der Waals surface area contributed by atoms with E-state index in [2.05, 4.69) is 0 Å². The van der Waals surface area contributed by atoms with E-state index in [4.69, 9.17) is 4.74 Å². The van der Waals surface area contributed by atoms with E-state index in [9.17, 15) is 19.8 Å². The minimum Gasteiger partial charge on any atom is -0.507 e. The van der Waals surface area contributed by atoms with Gasteiger partial charge < -0.3 is 14.9 Å². The molecule has 0 radical (unpaired) electrons. The molecule has 0 aliphatic heterocycles. The summed E-state index contributed by atoms with van der Waals surface area (Å²) in [6, 6.07) is 8.45. The second-order valence-electron chi connectivity index (χ2n) is 5.69. The summed E-state index contributed by atoms with van der Waals surface area (Å²) in [6.07, 6.45) is 2.18. The van der Waals surface area contributed by atoms with Crippen molar-refractivity contribution >= 4 is 17.3 Å². The first kappa shape index (κ1) is 16.5. The highest BCUT2D eigenvalue weighted by molar-refractivity contribution is 6.28. The first-order valence-corrected chi connectivity index (χ1v) is 7.03. The van der Waals surface area contributed by atoms with Crippen LogP contribution in [0.15, 0.2) is 59.6 Å². The van der Waals surface area contributed by atoms with Gasteiger partial charge in [0.2, 0.25) is 0 Å². The summed E-state index contributed by atoms with van der Waals surface area (Å²) >= 11 is 0. The fraction of sp³-hybridized carbons (Fsp3) is 0.222. The van der Waals surface area contributed by atoms with Crippen LogP contribution in [-0.2, 0) is 14.3 Å². The van der Waals surface area contributed by atoms with Crippen molar-refractivity contribution in [1.82, 2.24) is 0 Å². The van der Waals surface area contributed by atoms with Gasteiger partial charge in [0.1, 0.15) is 22.9 Å². The van der Waals surface area contributed by atoms with Gasteiger partial charge in [-0.05, 0) is 13.8 Å². The van der Waals surface area contributed by atoms with E-state index in [0.29, 0.717) is 5.56 Å². The molecule has 0 unspecified atom stereocenters. The summed E-state index contributed by atoms with van der Waals surface area (Å²) in [5.41, 5.74) is -0.989. The van der Waals surface area contributed by atoms with Crippen LogP contribution in [0.3, 0.4) is 0 Å². The van der Waals surface area contributed by atoms with Gasteiger partial charge in [-0.2, -0.15) is 0 Å². The number of carbonyl (C=O) groups excluding carboxylic acids is 2. The maximum absolute atomic E-state index is 12.5. The van der Waals surface area contributed by atoms with E-state index in [-0.39, 0.29) is 17.1 Å². The van der Waals surface area contributed by atoms with Crippen molar-refractivity contribution in [3.63, 3.8) is 0 Å². The van der Waals surface area contributed by atoms with Gasteiger partial charge in [-0.25, -0.2) is 0 Å². The number of ketones is 2. The summed E-state index contributed by atoms with van der Waals surface area (Å²) in [6.45, 7) is 3.20. The molecule has 0 amide bonds. The molecule has 2 N–H and O–H groups in total. The Kier molecular flexibility index (Phi) is 4.40. The number of allylic oxidation sites excluding steroid dienone is 4. The minimum absolute atomic E-state index is 0.271. The Morgan fingerprint density at radius 2 is 1.83 bits per heavy atom. The van der Waals surface area contributed by atoms with Crippen LogP contribution in [0.25, 0.3) is 5.76 Å². The average molecular weight is 314 g/mol. The standard InChI is InChI=1S/C18H18O5/c1-18(2)15(23-3)10-14(21)16(17(18)22)13(20)9-12(19)11-7-5-4-6-8-11/h4-10,19,21H,1-3H3/b12-9-. The SMILES string of the molecule is COC1=CC(O)=C(C(=O)/C=C(\O)c2ccccc2)C(=O)C1(C)C. The van der Waals surface area contributed by atoms with E-state index in [1.807, 2.05) is 0 Å². The number of rotatable bonds is 4. The monoisotopic (exact) mass is 314 g/mol. The number of benzene rings is 1. The van der Waals surface area contributed by atoms with E-state index in [0.717, 1.165) is 6.08 Å². The predicted octanol–water partition coefficient (Wildman–Crippen LogP) is 3.11. The summed E-state index contributed by atoms with van der Waals surface area (Å²) in [5, 5.41) is 20.0. The topological polar surface area (TPSA) is 83.8 Å². The lowest BCUT2D eigenvalue weighted by Gasteiger charge is -2.29. The van der Waals surface area contributed by atoms with Gasteiger partial charge in [0.05, 0.1) is 12.5 Å². The number of hydrogen-bond acceptors (Lipinski definition) is 5. The lowest BCUT2D eigenvalue weighted by atomic mass is 9.77. The molecule has 5 heteroatoms. The Hall–Kier alpha value is -2.82. The zero-order valence-electron chi connectivity index (χ0n) is 13.2. The molecule has 0 saturated carbocycles. The van der Waals surface area contributed by atoms with Crippen LogP contribution < -0.4 is 0 Å². The normalized spacial score (nSPS) is 17.8. The van der Waals surface area contributed by atoms with Crippen LogP contribution in [0.5, 0.6) is 0 Å². The Morgan fingerprint density at radius 1 is 1.22 bits per heavy atom. The fourth-order valence-corrected chi connectivity index (χ4v) is 2.36. The van der Waals surface area contributed by atoms with E-state index < -0.39 is 22.7 Å². The van der Waals surface area contributed by atoms with E-state index >= 15 is 0 Å². The Morgan fingerprint density at radius 3 is 2.39 bits per heavy atom. The Bertz CT molecular complexity index is 736. The van der Waals surface area contributed by atoms with Crippen molar-refractivity contribution in [3.05, 3.63) is 65.1 Å². The van der Waals surface area contributed by atoms with Gasteiger partial charge in [0.15, 0.2) is 11.6 Å². The Balaban J connectivity index is 2.43. The van der Waals surface area contributed by atoms with Gasteiger partial charge in [-0.3, -0.25) is 9.59 Å². The van der Waals surface area contributed by atoms with Crippen LogP contribution >= 0.6 is 0 Å². The highest BCUT2D eigenvalue weighted by Crippen LogP contribution is 2.36. The number of carbonyl (C=O) groups is 2. The van der Waals surface area contributed by atoms with Crippen LogP contribution in [0.2, 0.25) is 0 Å². The molecule has 1 aliphatic rings. The molecule has 5 nitrogen and oxygen atoms in total. The second-order valence-corrected chi connectivity index (χ2v) is 5.69. The second kappa shape index (κ2) is 6.12. The van der Waals surface area contributed by atoms with Crippen molar-refractivity contribution in [2.75, 3.05) is 7.11 Å². The number of methoxy groups -OCH3 is 1. The van der Waals surface area contributed by atoms with Crippen LogP contribution in [-0.4, -0.2) is 28.9 Å². The van der Waals surface area contributed by atoms with Crippen LogP contribution in [0.4, 0.5) is 0 Å². The number of aliphatic hydroxyl groups excluding tert-OH is 2. The maximum atomic E-state index is 12.5. The number of ether oxygens (including phenoxy) is 1. The summed E-state index contributed by atoms with van der Waals surface area (Å²) < 4.78 is 5.10. The molecular formula is C18H18O5. The zero-order chi connectivity index (χ0) is 17.2. The molecule has 0 aromatic heterocycles. The molecule has 23 heavy (non-hydrogen) atoms. The molecule has 0 heterocycles. The zero-order valence-corrected chi connectivity index (χ0v) is 13.2. The van der Waals surface area contributed by atoms with E-state index in [1.54, 1.807) is 44.2 Å². The number of aliphatic hydroxyl groups is 2. The molecule has 1 aliphatic carbocycles. The van der Waals surface area contributed by atoms with Crippen LogP contribution in [0.1, 0.15) is 19.4 Å². The van der Waals surface area contributed by atoms with Crippen molar-refractivity contribution < 1.29 is 24.5 Å². The number of hydrogen-bond donors (Lipinski definition) is 2. The molecule has 1 aromatic carbocycles. The summed E-state index contributed by atoms with van der Waals surface area (Å²) in [5.74, 6) is -1.78. The van der Waals surface area contributed by atoms with Crippen molar-refractivity contribution in [1.29, 1.82) is 0 Å². The highest BCUT2D eigenvalue weighted by atomic mass is 16.5. The molecule has 0 atom stereocenters. The van der Waals surface area contributed by atoms with Crippen LogP contribution in [0, 0.1) is 5.41 Å². The van der Waals surface area contributed by atoms with E-state index in [1.165, 1.54) is 13.2 Å². The van der Waals surface area contributed by atoms with Crippen molar-refractivity contribution in [2.24, 2.45) is 5.41 Å². The molecule has 0 saturated heterocycles. The summed E-state index contributed by atoms with van der Waals surface area (Å²) in [7, 11) is 1.39.